The van der Waals surface area contributed by atoms with Crippen LogP contribution in [-0.4, -0.2) is 38.0 Å². The summed E-state index contributed by atoms with van der Waals surface area (Å²) in [5.41, 5.74) is 4.32. The molecule has 2 N–H and O–H groups in total. The normalized spacial score (nSPS) is 11.2. The van der Waals surface area contributed by atoms with Gasteiger partial charge in [0, 0.05) is 11.9 Å². The number of thiophene rings is 1. The van der Waals surface area contributed by atoms with Crippen LogP contribution in [0.3, 0.4) is 0 Å². The molecule has 6 nitrogen and oxygen atoms in total. The lowest BCUT2D eigenvalue weighted by atomic mass is 10.2. The number of amides is 1. The molecule has 7 heteroatoms. The second-order valence-corrected chi connectivity index (χ2v) is 7.73. The van der Waals surface area contributed by atoms with Gasteiger partial charge in [-0.2, -0.15) is 5.10 Å². The maximum absolute atomic E-state index is 12.7. The minimum Gasteiger partial charge on any atom is -0.340 e. The number of hydrogen-bond acceptors (Lipinski definition) is 4. The van der Waals surface area contributed by atoms with E-state index >= 15 is 0 Å². The number of imidazole rings is 1. The van der Waals surface area contributed by atoms with Crippen LogP contribution in [0.4, 0.5) is 0 Å². The number of benzene rings is 1. The molecule has 132 valence electrons. The van der Waals surface area contributed by atoms with Crippen LogP contribution >= 0.6 is 11.3 Å². The molecular weight excluding hydrogens is 346 g/mol. The highest BCUT2D eigenvalue weighted by Gasteiger charge is 2.18. The summed E-state index contributed by atoms with van der Waals surface area (Å²) in [6, 6.07) is 11.9. The minimum absolute atomic E-state index is 0.141. The van der Waals surface area contributed by atoms with Gasteiger partial charge in [0.05, 0.1) is 28.1 Å². The molecule has 4 aromatic rings. The largest absolute Gasteiger partial charge is 0.340 e. The predicted molar refractivity (Wildman–Crippen MR) is 103 cm³/mol. The summed E-state index contributed by atoms with van der Waals surface area (Å²) < 4.78 is 0. The summed E-state index contributed by atoms with van der Waals surface area (Å²) in [6.07, 6.45) is 0. The molecular formula is C19H19N5OS. The van der Waals surface area contributed by atoms with Crippen LogP contribution in [0.5, 0.6) is 0 Å². The van der Waals surface area contributed by atoms with Gasteiger partial charge >= 0.3 is 0 Å². The molecule has 0 fully saturated rings. The van der Waals surface area contributed by atoms with E-state index in [-0.39, 0.29) is 5.91 Å². The maximum Gasteiger partial charge on any atom is 0.274 e. The Kier molecular flexibility index (Phi) is 4.08. The summed E-state index contributed by atoms with van der Waals surface area (Å²) in [4.78, 5) is 24.4. The zero-order chi connectivity index (χ0) is 18.3. The number of rotatable bonds is 4. The standard InChI is InChI=1S/C19H19N5OS/c1-11-4-6-13-14(8-11)21-18(20-13)10-24(3)19(25)16-9-15(22-23-16)17-7-5-12(2)26-17/h4-9H,10H2,1-3H3,(H,20,21)(H,22,23). The van der Waals surface area contributed by atoms with Crippen molar-refractivity contribution in [1.29, 1.82) is 0 Å². The Labute approximate surface area is 154 Å². The molecule has 0 radical (unpaired) electrons. The first-order valence-corrected chi connectivity index (χ1v) is 9.14. The van der Waals surface area contributed by atoms with Crippen molar-refractivity contribution in [2.45, 2.75) is 20.4 Å². The van der Waals surface area contributed by atoms with Crippen molar-refractivity contribution in [3.63, 3.8) is 0 Å². The Morgan fingerprint density at radius 2 is 2.04 bits per heavy atom. The smallest absolute Gasteiger partial charge is 0.274 e. The molecule has 3 aromatic heterocycles. The third-order valence-corrected chi connectivity index (χ3v) is 5.26. The molecule has 0 saturated heterocycles. The molecule has 0 bridgehead atoms. The number of aromatic amines is 2. The molecule has 0 spiro atoms. The highest BCUT2D eigenvalue weighted by atomic mass is 32.1. The molecule has 1 aromatic carbocycles. The number of hydrogen-bond donors (Lipinski definition) is 2. The van der Waals surface area contributed by atoms with Crippen molar-refractivity contribution >= 4 is 28.3 Å². The predicted octanol–water partition coefficient (Wildman–Crippen LogP) is 3.90. The number of nitrogens with one attached hydrogen (secondary N) is 2. The van der Waals surface area contributed by atoms with Gasteiger partial charge < -0.3 is 9.88 Å². The molecule has 0 aliphatic carbocycles. The molecule has 0 saturated carbocycles. The topological polar surface area (TPSA) is 77.7 Å². The summed E-state index contributed by atoms with van der Waals surface area (Å²) in [6.45, 7) is 4.49. The van der Waals surface area contributed by atoms with Gasteiger partial charge in [-0.1, -0.05) is 6.07 Å². The van der Waals surface area contributed by atoms with E-state index in [4.69, 9.17) is 0 Å². The van der Waals surface area contributed by atoms with Crippen molar-refractivity contribution in [1.82, 2.24) is 25.1 Å². The van der Waals surface area contributed by atoms with E-state index in [0.717, 1.165) is 27.4 Å². The van der Waals surface area contributed by atoms with Gasteiger partial charge in [-0.3, -0.25) is 9.89 Å². The summed E-state index contributed by atoms with van der Waals surface area (Å²) in [5, 5.41) is 7.13. The van der Waals surface area contributed by atoms with E-state index < -0.39 is 0 Å². The molecule has 0 aliphatic heterocycles. The Hall–Kier alpha value is -2.93. The van der Waals surface area contributed by atoms with Crippen molar-refractivity contribution in [3.05, 3.63) is 58.4 Å². The molecule has 4 rings (SSSR count). The minimum atomic E-state index is -0.141. The summed E-state index contributed by atoms with van der Waals surface area (Å²) in [7, 11) is 1.75. The zero-order valence-corrected chi connectivity index (χ0v) is 15.6. The Morgan fingerprint density at radius 1 is 1.19 bits per heavy atom. The number of nitrogens with zero attached hydrogens (tertiary/aromatic N) is 3. The van der Waals surface area contributed by atoms with E-state index in [1.807, 2.05) is 25.1 Å². The van der Waals surface area contributed by atoms with Crippen molar-refractivity contribution < 1.29 is 4.79 Å². The van der Waals surface area contributed by atoms with Gasteiger partial charge in [-0.15, -0.1) is 11.3 Å². The van der Waals surface area contributed by atoms with Crippen LogP contribution < -0.4 is 0 Å². The number of H-pyrrole nitrogens is 2. The molecule has 0 aliphatic rings. The molecule has 0 unspecified atom stereocenters. The van der Waals surface area contributed by atoms with E-state index in [1.54, 1.807) is 29.4 Å². The van der Waals surface area contributed by atoms with Gasteiger partial charge in [-0.25, -0.2) is 4.98 Å². The summed E-state index contributed by atoms with van der Waals surface area (Å²) >= 11 is 1.67. The van der Waals surface area contributed by atoms with Crippen LogP contribution in [0.1, 0.15) is 26.8 Å². The van der Waals surface area contributed by atoms with E-state index in [2.05, 4.69) is 39.2 Å². The fraction of sp³-hybridized carbons (Fsp3) is 0.211. The third kappa shape index (κ3) is 3.13. The number of carbonyl (C=O) groups is 1. The number of aryl methyl sites for hydroxylation is 2. The molecule has 0 atom stereocenters. The average molecular weight is 365 g/mol. The van der Waals surface area contributed by atoms with Gasteiger partial charge in [0.2, 0.25) is 0 Å². The second kappa shape index (κ2) is 6.42. The lowest BCUT2D eigenvalue weighted by Crippen LogP contribution is -2.27. The Bertz CT molecular complexity index is 1090. The van der Waals surface area contributed by atoms with Crippen molar-refractivity contribution in [2.24, 2.45) is 0 Å². The monoisotopic (exact) mass is 365 g/mol. The van der Waals surface area contributed by atoms with Crippen molar-refractivity contribution in [3.8, 4) is 10.6 Å². The SMILES string of the molecule is Cc1ccc2nc(CN(C)C(=O)c3cc(-c4ccc(C)s4)[nH]n3)[nH]c2c1. The second-order valence-electron chi connectivity index (χ2n) is 6.44. The lowest BCUT2D eigenvalue weighted by Gasteiger charge is -2.13. The Morgan fingerprint density at radius 3 is 2.81 bits per heavy atom. The van der Waals surface area contributed by atoms with Crippen molar-refractivity contribution in [2.75, 3.05) is 7.05 Å². The Balaban J connectivity index is 1.51. The third-order valence-electron chi connectivity index (χ3n) is 4.22. The average Bonchev–Trinajstić information content (AvgIpc) is 3.32. The quantitative estimate of drug-likeness (QED) is 0.576. The van der Waals surface area contributed by atoms with E-state index in [9.17, 15) is 4.79 Å². The summed E-state index contributed by atoms with van der Waals surface area (Å²) in [5.74, 6) is 0.614. The first-order valence-electron chi connectivity index (χ1n) is 8.32. The van der Waals surface area contributed by atoms with Gasteiger partial charge in [0.1, 0.15) is 5.82 Å². The first kappa shape index (κ1) is 16.5. The molecule has 26 heavy (non-hydrogen) atoms. The number of carbonyl (C=O) groups excluding carboxylic acids is 1. The fourth-order valence-electron chi connectivity index (χ4n) is 2.88. The van der Waals surface area contributed by atoms with E-state index in [1.165, 1.54) is 10.4 Å². The van der Waals surface area contributed by atoms with Gasteiger partial charge in [-0.05, 0) is 49.7 Å². The molecule has 1 amide bonds. The first-order chi connectivity index (χ1) is 12.5. The van der Waals surface area contributed by atoms with E-state index in [0.29, 0.717) is 12.2 Å². The fourth-order valence-corrected chi connectivity index (χ4v) is 3.71. The van der Waals surface area contributed by atoms with Crippen LogP contribution in [0.2, 0.25) is 0 Å². The van der Waals surface area contributed by atoms with Gasteiger partial charge in [0.25, 0.3) is 5.91 Å². The zero-order valence-electron chi connectivity index (χ0n) is 14.8. The molecule has 3 heterocycles. The van der Waals surface area contributed by atoms with Crippen LogP contribution in [0.15, 0.2) is 36.4 Å². The van der Waals surface area contributed by atoms with Gasteiger partial charge in [0.15, 0.2) is 5.69 Å². The highest BCUT2D eigenvalue weighted by molar-refractivity contribution is 7.15. The number of aromatic nitrogens is 4. The van der Waals surface area contributed by atoms with Crippen LogP contribution in [0.25, 0.3) is 21.6 Å². The lowest BCUT2D eigenvalue weighted by molar-refractivity contribution is 0.0776. The highest BCUT2D eigenvalue weighted by Crippen LogP contribution is 2.26. The number of fused-ring (bicyclic) bond motifs is 1. The maximum atomic E-state index is 12.7. The van der Waals surface area contributed by atoms with Crippen LogP contribution in [-0.2, 0) is 6.54 Å². The van der Waals surface area contributed by atoms with Crippen LogP contribution in [0, 0.1) is 13.8 Å².